The first-order valence-corrected chi connectivity index (χ1v) is 15.7. The van der Waals surface area contributed by atoms with Gasteiger partial charge in [-0.2, -0.15) is 15.0 Å². The lowest BCUT2D eigenvalue weighted by molar-refractivity contribution is 0.0126. The monoisotopic (exact) mass is 597 g/mol. The molecule has 1 fully saturated rings. The standard InChI is InChI=1S/C21H27N9O6S3/c22-37(31,32)19-7-1-16(2-8-19)25-28-13-29(26-17-3-9-20(10-4-17)38(23,33)34)15-30(14-28)27-18-5-11-21(12-6-18)39(24,35)36/h1-12,25-27H,13-15H2,(H2,22,31,32)(H2,23,33,34)(H2,24,35,36). The van der Waals surface area contributed by atoms with Crippen LogP contribution in [0.3, 0.4) is 0 Å². The summed E-state index contributed by atoms with van der Waals surface area (Å²) in [6, 6.07) is 17.7. The Morgan fingerprint density at radius 3 is 0.821 bits per heavy atom. The van der Waals surface area contributed by atoms with Crippen LogP contribution >= 0.6 is 0 Å². The lowest BCUT2D eigenvalue weighted by atomic mass is 10.3. The average Bonchev–Trinajstić information content (AvgIpc) is 2.83. The molecule has 1 saturated heterocycles. The molecule has 210 valence electrons. The van der Waals surface area contributed by atoms with Gasteiger partial charge >= 0.3 is 0 Å². The Hall–Kier alpha value is -3.33. The van der Waals surface area contributed by atoms with E-state index in [9.17, 15) is 25.3 Å². The highest BCUT2D eigenvalue weighted by Crippen LogP contribution is 2.20. The maximum atomic E-state index is 11.6. The quantitative estimate of drug-likeness (QED) is 0.189. The third-order valence-electron chi connectivity index (χ3n) is 5.43. The Morgan fingerprint density at radius 2 is 0.641 bits per heavy atom. The van der Waals surface area contributed by atoms with Crippen molar-refractivity contribution in [2.45, 2.75) is 14.7 Å². The smallest absolute Gasteiger partial charge is 0.238 e. The number of hydrogen-bond acceptors (Lipinski definition) is 12. The molecule has 0 saturated carbocycles. The van der Waals surface area contributed by atoms with Crippen molar-refractivity contribution in [2.24, 2.45) is 15.4 Å². The second-order valence-corrected chi connectivity index (χ2v) is 13.3. The topological polar surface area (TPSA) is 226 Å². The van der Waals surface area contributed by atoms with Crippen LogP contribution < -0.4 is 31.7 Å². The molecule has 39 heavy (non-hydrogen) atoms. The van der Waals surface area contributed by atoms with E-state index in [1.54, 1.807) is 51.4 Å². The van der Waals surface area contributed by atoms with Gasteiger partial charge in [-0.1, -0.05) is 0 Å². The van der Waals surface area contributed by atoms with E-state index in [0.717, 1.165) is 0 Å². The van der Waals surface area contributed by atoms with Crippen molar-refractivity contribution in [3.8, 4) is 0 Å². The minimum absolute atomic E-state index is 0.0239. The van der Waals surface area contributed by atoms with Crippen molar-refractivity contribution in [3.63, 3.8) is 0 Å². The molecule has 18 heteroatoms. The fourth-order valence-electron chi connectivity index (χ4n) is 3.67. The van der Waals surface area contributed by atoms with Gasteiger partial charge in [-0.05, 0) is 72.8 Å². The molecule has 0 unspecified atom stereocenters. The van der Waals surface area contributed by atoms with Crippen LogP contribution in [-0.4, -0.2) is 60.3 Å². The summed E-state index contributed by atoms with van der Waals surface area (Å²) in [5.74, 6) is 0. The molecule has 9 N–H and O–H groups in total. The van der Waals surface area contributed by atoms with Crippen LogP contribution in [0.4, 0.5) is 17.1 Å². The van der Waals surface area contributed by atoms with Gasteiger partial charge in [0.2, 0.25) is 30.1 Å². The third-order valence-corrected chi connectivity index (χ3v) is 8.22. The predicted octanol–water partition coefficient (Wildman–Crippen LogP) is -0.198. The van der Waals surface area contributed by atoms with Crippen LogP contribution in [0.1, 0.15) is 0 Å². The molecular formula is C21H27N9O6S3. The largest absolute Gasteiger partial charge is 0.316 e. The molecule has 0 bridgehead atoms. The highest BCUT2D eigenvalue weighted by molar-refractivity contribution is 7.89. The van der Waals surface area contributed by atoms with Gasteiger partial charge in [-0.3, -0.25) is 0 Å². The fraction of sp³-hybridized carbons (Fsp3) is 0.143. The van der Waals surface area contributed by atoms with Crippen LogP contribution in [0.2, 0.25) is 0 Å². The molecule has 3 aromatic carbocycles. The van der Waals surface area contributed by atoms with Gasteiger partial charge in [0.1, 0.15) is 0 Å². The van der Waals surface area contributed by atoms with E-state index < -0.39 is 30.1 Å². The summed E-state index contributed by atoms with van der Waals surface area (Å²) in [6.45, 7) is 0.989. The zero-order valence-corrected chi connectivity index (χ0v) is 22.7. The maximum Gasteiger partial charge on any atom is 0.238 e. The molecule has 1 aliphatic rings. The Kier molecular flexibility index (Phi) is 8.12. The van der Waals surface area contributed by atoms with Gasteiger partial charge in [-0.25, -0.2) is 40.7 Å². The Balaban J connectivity index is 1.52. The number of anilines is 3. The molecule has 0 radical (unpaired) electrons. The Morgan fingerprint density at radius 1 is 0.436 bits per heavy atom. The van der Waals surface area contributed by atoms with Crippen LogP contribution in [0.25, 0.3) is 0 Å². The minimum Gasteiger partial charge on any atom is -0.316 e. The third kappa shape index (κ3) is 7.85. The van der Waals surface area contributed by atoms with E-state index in [1.165, 1.54) is 36.4 Å². The first-order chi connectivity index (χ1) is 18.2. The van der Waals surface area contributed by atoms with Gasteiger partial charge < -0.3 is 16.3 Å². The lowest BCUT2D eigenvalue weighted by Gasteiger charge is -2.42. The number of nitrogens with two attached hydrogens (primary N) is 3. The van der Waals surface area contributed by atoms with Crippen LogP contribution in [0, 0.1) is 0 Å². The van der Waals surface area contributed by atoms with Crippen molar-refractivity contribution in [3.05, 3.63) is 72.8 Å². The first kappa shape index (κ1) is 28.7. The molecule has 0 aromatic heterocycles. The Labute approximate surface area is 226 Å². The van der Waals surface area contributed by atoms with Gasteiger partial charge in [0.25, 0.3) is 0 Å². The summed E-state index contributed by atoms with van der Waals surface area (Å²) < 4.78 is 69.3. The van der Waals surface area contributed by atoms with Crippen LogP contribution in [0.15, 0.2) is 87.5 Å². The molecule has 0 atom stereocenters. The number of benzene rings is 3. The van der Waals surface area contributed by atoms with Crippen molar-refractivity contribution in [2.75, 3.05) is 36.3 Å². The van der Waals surface area contributed by atoms with Gasteiger partial charge in [0.15, 0.2) is 0 Å². The van der Waals surface area contributed by atoms with Gasteiger partial charge in [0.05, 0.1) is 34.7 Å². The van der Waals surface area contributed by atoms with Crippen molar-refractivity contribution in [1.29, 1.82) is 0 Å². The number of hydrogen-bond donors (Lipinski definition) is 6. The molecular weight excluding hydrogens is 570 g/mol. The molecule has 1 aliphatic heterocycles. The van der Waals surface area contributed by atoms with E-state index in [-0.39, 0.29) is 14.7 Å². The first-order valence-electron chi connectivity index (χ1n) is 11.1. The van der Waals surface area contributed by atoms with Gasteiger partial charge in [0, 0.05) is 17.1 Å². The molecule has 0 aliphatic carbocycles. The predicted molar refractivity (Wildman–Crippen MR) is 144 cm³/mol. The van der Waals surface area contributed by atoms with E-state index in [1.807, 2.05) is 0 Å². The van der Waals surface area contributed by atoms with Crippen molar-refractivity contribution >= 4 is 47.1 Å². The molecule has 1 heterocycles. The summed E-state index contributed by atoms with van der Waals surface area (Å²) in [5.41, 5.74) is 11.4. The summed E-state index contributed by atoms with van der Waals surface area (Å²) in [6.07, 6.45) is 0. The van der Waals surface area contributed by atoms with Crippen LogP contribution in [0.5, 0.6) is 0 Å². The number of primary sulfonamides is 3. The summed E-state index contributed by atoms with van der Waals surface area (Å²) in [7, 11) is -11.5. The molecule has 4 rings (SSSR count). The number of sulfonamides is 3. The molecule has 0 amide bonds. The Bertz CT molecular complexity index is 1430. The zero-order chi connectivity index (χ0) is 28.4. The minimum atomic E-state index is -3.83. The summed E-state index contributed by atoms with van der Waals surface area (Å²) in [4.78, 5) is -0.0718. The van der Waals surface area contributed by atoms with E-state index in [2.05, 4.69) is 16.3 Å². The normalized spacial score (nSPS) is 16.1. The van der Waals surface area contributed by atoms with E-state index in [4.69, 9.17) is 15.4 Å². The van der Waals surface area contributed by atoms with Crippen LogP contribution in [-0.2, 0) is 30.1 Å². The second-order valence-electron chi connectivity index (χ2n) is 8.59. The zero-order valence-electron chi connectivity index (χ0n) is 20.3. The van der Waals surface area contributed by atoms with E-state index in [0.29, 0.717) is 37.1 Å². The molecule has 15 nitrogen and oxygen atoms in total. The number of hydrazine groups is 3. The van der Waals surface area contributed by atoms with E-state index >= 15 is 0 Å². The summed E-state index contributed by atoms with van der Waals surface area (Å²) >= 11 is 0. The van der Waals surface area contributed by atoms with Crippen molar-refractivity contribution in [1.82, 2.24) is 15.0 Å². The number of nitrogens with zero attached hydrogens (tertiary/aromatic N) is 3. The molecule has 0 spiro atoms. The van der Waals surface area contributed by atoms with Crippen molar-refractivity contribution < 1.29 is 25.3 Å². The van der Waals surface area contributed by atoms with Gasteiger partial charge in [-0.15, -0.1) is 0 Å². The molecule has 3 aromatic rings. The average molecular weight is 598 g/mol. The summed E-state index contributed by atoms with van der Waals surface area (Å²) in [5, 5.41) is 20.9. The maximum absolute atomic E-state index is 11.6. The second kappa shape index (κ2) is 11.0. The SMILES string of the molecule is NS(=O)(=O)c1ccc(NN2CN(Nc3ccc(S(N)(=O)=O)cc3)CN(Nc3ccc(S(N)(=O)=O)cc3)C2)cc1. The fourth-order valence-corrected chi connectivity index (χ4v) is 5.22. The number of rotatable bonds is 9. The highest BCUT2D eigenvalue weighted by Gasteiger charge is 2.24. The lowest BCUT2D eigenvalue weighted by Crippen LogP contribution is -2.59. The number of nitrogens with one attached hydrogen (secondary N) is 3. The highest BCUT2D eigenvalue weighted by atomic mass is 32.2.